The molecule has 0 radical (unpaired) electrons. The quantitative estimate of drug-likeness (QED) is 0.868. The van der Waals surface area contributed by atoms with Crippen molar-refractivity contribution in [2.24, 2.45) is 5.92 Å². The van der Waals surface area contributed by atoms with Gasteiger partial charge in [-0.25, -0.2) is 0 Å². The number of hydrogen-bond acceptors (Lipinski definition) is 3. The van der Waals surface area contributed by atoms with Crippen LogP contribution in [0, 0.1) is 5.92 Å². The zero-order valence-corrected chi connectivity index (χ0v) is 12.9. The third-order valence-corrected chi connectivity index (χ3v) is 4.17. The third kappa shape index (κ3) is 4.83. The number of benzene rings is 1. The Labute approximate surface area is 127 Å². The molecule has 1 N–H and O–H groups in total. The van der Waals surface area contributed by atoms with Crippen molar-refractivity contribution in [3.05, 3.63) is 35.9 Å². The van der Waals surface area contributed by atoms with Gasteiger partial charge in [-0.15, -0.1) is 0 Å². The average Bonchev–Trinajstić information content (AvgIpc) is 2.53. The molecule has 0 bridgehead atoms. The molecular weight excluding hydrogens is 264 g/mol. The fraction of sp³-hybridized carbons (Fsp3) is 0.588. The lowest BCUT2D eigenvalue weighted by atomic mass is 9.99. The molecule has 0 aliphatic carbocycles. The Morgan fingerprint density at radius 1 is 1.38 bits per heavy atom. The summed E-state index contributed by atoms with van der Waals surface area (Å²) in [6.07, 6.45) is 2.14. The molecule has 1 aliphatic rings. The van der Waals surface area contributed by atoms with Gasteiger partial charge in [-0.05, 0) is 37.8 Å². The Balaban J connectivity index is 1.88. The number of amides is 1. The van der Waals surface area contributed by atoms with Gasteiger partial charge in [0.05, 0.1) is 6.54 Å². The summed E-state index contributed by atoms with van der Waals surface area (Å²) in [7, 11) is 0. The smallest absolute Gasteiger partial charge is 0.237 e. The highest BCUT2D eigenvalue weighted by molar-refractivity contribution is 5.78. The molecule has 4 heteroatoms. The van der Waals surface area contributed by atoms with Crippen molar-refractivity contribution in [1.29, 1.82) is 0 Å². The standard InChI is InChI=1S/C17H26N2O2/c1-2-19(12-15-7-4-3-5-8-15)17(21)13-18-10-6-9-16(11-18)14-20/h3-5,7-8,16,20H,2,6,9-14H2,1H3. The zero-order chi connectivity index (χ0) is 15.1. The Kier molecular flexibility index (Phi) is 6.21. The van der Waals surface area contributed by atoms with Crippen LogP contribution >= 0.6 is 0 Å². The summed E-state index contributed by atoms with van der Waals surface area (Å²) < 4.78 is 0. The van der Waals surface area contributed by atoms with Gasteiger partial charge in [-0.3, -0.25) is 9.69 Å². The predicted molar refractivity (Wildman–Crippen MR) is 83.8 cm³/mol. The molecule has 0 spiro atoms. The van der Waals surface area contributed by atoms with Gasteiger partial charge in [0.25, 0.3) is 0 Å². The van der Waals surface area contributed by atoms with Crippen LogP contribution in [0.2, 0.25) is 0 Å². The Bertz CT molecular complexity index is 436. The normalized spacial score (nSPS) is 19.4. The van der Waals surface area contributed by atoms with Crippen LogP contribution in [0.25, 0.3) is 0 Å². The summed E-state index contributed by atoms with van der Waals surface area (Å²) in [5, 5.41) is 9.27. The SMILES string of the molecule is CCN(Cc1ccccc1)C(=O)CN1CCCC(CO)C1. The van der Waals surface area contributed by atoms with Crippen molar-refractivity contribution in [3.8, 4) is 0 Å². The van der Waals surface area contributed by atoms with E-state index in [1.54, 1.807) is 0 Å². The summed E-state index contributed by atoms with van der Waals surface area (Å²) in [6.45, 7) is 5.92. The van der Waals surface area contributed by atoms with Crippen LogP contribution < -0.4 is 0 Å². The van der Waals surface area contributed by atoms with Gasteiger partial charge in [0.1, 0.15) is 0 Å². The van der Waals surface area contributed by atoms with E-state index in [0.717, 1.165) is 32.5 Å². The van der Waals surface area contributed by atoms with Gasteiger partial charge in [0.2, 0.25) is 5.91 Å². The maximum absolute atomic E-state index is 12.5. The fourth-order valence-electron chi connectivity index (χ4n) is 2.92. The molecule has 1 aromatic carbocycles. The van der Waals surface area contributed by atoms with E-state index in [9.17, 15) is 9.90 Å². The minimum Gasteiger partial charge on any atom is -0.396 e. The zero-order valence-electron chi connectivity index (χ0n) is 12.9. The van der Waals surface area contributed by atoms with Crippen LogP contribution in [0.5, 0.6) is 0 Å². The minimum absolute atomic E-state index is 0.181. The van der Waals surface area contributed by atoms with Gasteiger partial charge in [0, 0.05) is 26.2 Å². The largest absolute Gasteiger partial charge is 0.396 e. The van der Waals surface area contributed by atoms with E-state index >= 15 is 0 Å². The van der Waals surface area contributed by atoms with Crippen molar-refractivity contribution in [2.75, 3.05) is 32.8 Å². The van der Waals surface area contributed by atoms with Gasteiger partial charge in [0.15, 0.2) is 0 Å². The molecule has 116 valence electrons. The van der Waals surface area contributed by atoms with E-state index in [-0.39, 0.29) is 12.5 Å². The highest BCUT2D eigenvalue weighted by Gasteiger charge is 2.22. The van der Waals surface area contributed by atoms with Crippen LogP contribution in [0.3, 0.4) is 0 Å². The Hall–Kier alpha value is -1.39. The van der Waals surface area contributed by atoms with E-state index in [2.05, 4.69) is 17.0 Å². The number of likely N-dealkylation sites (N-methyl/N-ethyl adjacent to an activating group) is 1. The average molecular weight is 290 g/mol. The van der Waals surface area contributed by atoms with Crippen molar-refractivity contribution < 1.29 is 9.90 Å². The van der Waals surface area contributed by atoms with Gasteiger partial charge < -0.3 is 10.0 Å². The van der Waals surface area contributed by atoms with Crippen LogP contribution in [0.1, 0.15) is 25.3 Å². The number of piperidine rings is 1. The summed E-state index contributed by atoms with van der Waals surface area (Å²) in [4.78, 5) is 16.5. The topological polar surface area (TPSA) is 43.8 Å². The molecule has 1 aliphatic heterocycles. The van der Waals surface area contributed by atoms with Crippen LogP contribution in [-0.2, 0) is 11.3 Å². The van der Waals surface area contributed by atoms with Gasteiger partial charge in [-0.2, -0.15) is 0 Å². The summed E-state index contributed by atoms with van der Waals surface area (Å²) >= 11 is 0. The van der Waals surface area contributed by atoms with Crippen LogP contribution in [0.4, 0.5) is 0 Å². The molecule has 1 saturated heterocycles. The minimum atomic E-state index is 0.181. The molecule has 0 aromatic heterocycles. The summed E-state index contributed by atoms with van der Waals surface area (Å²) in [6, 6.07) is 10.1. The highest BCUT2D eigenvalue weighted by Crippen LogP contribution is 2.16. The van der Waals surface area contributed by atoms with Gasteiger partial charge >= 0.3 is 0 Å². The molecule has 1 unspecified atom stereocenters. The maximum atomic E-state index is 12.5. The maximum Gasteiger partial charge on any atom is 0.237 e. The highest BCUT2D eigenvalue weighted by atomic mass is 16.3. The van der Waals surface area contributed by atoms with Crippen LogP contribution in [0.15, 0.2) is 30.3 Å². The molecule has 1 aromatic rings. The second-order valence-corrected chi connectivity index (χ2v) is 5.82. The number of carbonyl (C=O) groups is 1. The number of carbonyl (C=O) groups excluding carboxylic acids is 1. The molecule has 0 saturated carbocycles. The van der Waals surface area contributed by atoms with E-state index in [1.807, 2.05) is 30.0 Å². The Morgan fingerprint density at radius 2 is 2.14 bits per heavy atom. The van der Waals surface area contributed by atoms with Crippen molar-refractivity contribution >= 4 is 5.91 Å². The molecule has 1 atom stereocenters. The fourth-order valence-corrected chi connectivity index (χ4v) is 2.92. The molecule has 4 nitrogen and oxygen atoms in total. The lowest BCUT2D eigenvalue weighted by Crippen LogP contribution is -2.44. The second kappa shape index (κ2) is 8.15. The lowest BCUT2D eigenvalue weighted by molar-refractivity contribution is -0.133. The molecule has 21 heavy (non-hydrogen) atoms. The summed E-state index contributed by atoms with van der Waals surface area (Å²) in [5.41, 5.74) is 1.17. The first kappa shape index (κ1) is 16.0. The predicted octanol–water partition coefficient (Wildman–Crippen LogP) is 1.74. The molecular formula is C17H26N2O2. The van der Waals surface area contributed by atoms with E-state index in [0.29, 0.717) is 19.0 Å². The molecule has 1 fully saturated rings. The number of rotatable bonds is 6. The lowest BCUT2D eigenvalue weighted by Gasteiger charge is -2.33. The van der Waals surface area contributed by atoms with E-state index in [1.165, 1.54) is 5.56 Å². The second-order valence-electron chi connectivity index (χ2n) is 5.82. The first-order chi connectivity index (χ1) is 10.2. The molecule has 1 heterocycles. The monoisotopic (exact) mass is 290 g/mol. The molecule has 2 rings (SSSR count). The van der Waals surface area contributed by atoms with Crippen molar-refractivity contribution in [2.45, 2.75) is 26.3 Å². The first-order valence-corrected chi connectivity index (χ1v) is 7.87. The number of aliphatic hydroxyl groups excluding tert-OH is 1. The van der Waals surface area contributed by atoms with Crippen molar-refractivity contribution in [3.63, 3.8) is 0 Å². The first-order valence-electron chi connectivity index (χ1n) is 7.87. The number of hydrogen-bond donors (Lipinski definition) is 1. The number of likely N-dealkylation sites (tertiary alicyclic amines) is 1. The summed E-state index contributed by atoms with van der Waals surface area (Å²) in [5.74, 6) is 0.510. The van der Waals surface area contributed by atoms with Gasteiger partial charge in [-0.1, -0.05) is 30.3 Å². The third-order valence-electron chi connectivity index (χ3n) is 4.17. The van der Waals surface area contributed by atoms with Crippen LogP contribution in [-0.4, -0.2) is 53.6 Å². The van der Waals surface area contributed by atoms with Crippen molar-refractivity contribution in [1.82, 2.24) is 9.80 Å². The van der Waals surface area contributed by atoms with E-state index < -0.39 is 0 Å². The molecule has 1 amide bonds. The van der Waals surface area contributed by atoms with E-state index in [4.69, 9.17) is 0 Å². The Morgan fingerprint density at radius 3 is 2.81 bits per heavy atom. The number of nitrogens with zero attached hydrogens (tertiary/aromatic N) is 2. The number of aliphatic hydroxyl groups is 1.